The normalized spacial score (nSPS) is 12.4. The summed E-state index contributed by atoms with van der Waals surface area (Å²) in [5.41, 5.74) is 0. The fourth-order valence-corrected chi connectivity index (χ4v) is 5.48. The first-order valence-electron chi connectivity index (χ1n) is 8.67. The molecule has 154 valence electrons. The van der Waals surface area contributed by atoms with E-state index in [0.717, 1.165) is 28.5 Å². The highest BCUT2D eigenvalue weighted by molar-refractivity contribution is 7.99. The van der Waals surface area contributed by atoms with Crippen molar-refractivity contribution >= 4 is 39.1 Å². The second-order valence-corrected chi connectivity index (χ2v) is 10.7. The molecule has 10 heteroatoms. The Morgan fingerprint density at radius 2 is 1.89 bits per heavy atom. The van der Waals surface area contributed by atoms with E-state index in [4.69, 9.17) is 0 Å². The number of thioether (sulfide) groups is 1. The van der Waals surface area contributed by atoms with Crippen LogP contribution in [0.15, 0.2) is 50.5 Å². The number of sulfonamides is 1. The monoisotopic (exact) mass is 444 g/mol. The Kier molecular flexibility index (Phi) is 8.74. The Labute approximate surface area is 174 Å². The average molecular weight is 445 g/mol. The number of benzene rings is 1. The first-order chi connectivity index (χ1) is 13.3. The number of guanidine groups is 1. The number of halogens is 1. The molecule has 0 bridgehead atoms. The van der Waals surface area contributed by atoms with Crippen LogP contribution >= 0.6 is 23.1 Å². The van der Waals surface area contributed by atoms with Gasteiger partial charge in [0, 0.05) is 37.5 Å². The van der Waals surface area contributed by atoms with Crippen molar-refractivity contribution in [3.8, 4) is 0 Å². The molecule has 1 heterocycles. The first-order valence-corrected chi connectivity index (χ1v) is 11.9. The van der Waals surface area contributed by atoms with Gasteiger partial charge in [0.25, 0.3) is 10.0 Å². The van der Waals surface area contributed by atoms with Gasteiger partial charge in [-0.15, -0.1) is 23.1 Å². The highest BCUT2D eigenvalue weighted by Crippen LogP contribution is 2.23. The number of nitrogens with zero attached hydrogens (tertiary/aromatic N) is 2. The van der Waals surface area contributed by atoms with E-state index in [0.29, 0.717) is 16.7 Å². The molecule has 0 atom stereocenters. The van der Waals surface area contributed by atoms with Gasteiger partial charge in [-0.3, -0.25) is 4.99 Å². The molecule has 0 saturated carbocycles. The maximum absolute atomic E-state index is 12.9. The molecular weight excluding hydrogens is 419 g/mol. The Bertz CT molecular complexity index is 880. The number of thiophene rings is 1. The van der Waals surface area contributed by atoms with Crippen LogP contribution in [0.1, 0.15) is 11.3 Å². The SMILES string of the molecule is CN=C(NCCCSc1ccc(F)cc1)NCc1ccc(S(=O)(=O)N(C)C)s1. The first kappa shape index (κ1) is 22.7. The van der Waals surface area contributed by atoms with Gasteiger partial charge in [-0.2, -0.15) is 0 Å². The van der Waals surface area contributed by atoms with E-state index >= 15 is 0 Å². The summed E-state index contributed by atoms with van der Waals surface area (Å²) in [5.74, 6) is 1.35. The van der Waals surface area contributed by atoms with Gasteiger partial charge in [0.15, 0.2) is 5.96 Å². The van der Waals surface area contributed by atoms with Crippen molar-refractivity contribution in [2.45, 2.75) is 22.1 Å². The molecule has 0 fully saturated rings. The van der Waals surface area contributed by atoms with Gasteiger partial charge < -0.3 is 10.6 Å². The lowest BCUT2D eigenvalue weighted by molar-refractivity contribution is 0.523. The largest absolute Gasteiger partial charge is 0.356 e. The van der Waals surface area contributed by atoms with Crippen LogP contribution in [0.4, 0.5) is 4.39 Å². The molecule has 0 radical (unpaired) electrons. The second kappa shape index (κ2) is 10.8. The van der Waals surface area contributed by atoms with E-state index in [1.807, 2.05) is 0 Å². The molecule has 1 aromatic heterocycles. The molecule has 28 heavy (non-hydrogen) atoms. The highest BCUT2D eigenvalue weighted by atomic mass is 32.2. The lowest BCUT2D eigenvalue weighted by Crippen LogP contribution is -2.37. The predicted octanol–water partition coefficient (Wildman–Crippen LogP) is 2.98. The molecule has 1 aromatic carbocycles. The Hall–Kier alpha value is -1.62. The molecule has 0 amide bonds. The molecule has 0 saturated heterocycles. The zero-order valence-corrected chi connectivity index (χ0v) is 18.6. The molecule has 2 aromatic rings. The van der Waals surface area contributed by atoms with E-state index in [9.17, 15) is 12.8 Å². The van der Waals surface area contributed by atoms with E-state index in [1.165, 1.54) is 41.9 Å². The van der Waals surface area contributed by atoms with Crippen molar-refractivity contribution < 1.29 is 12.8 Å². The summed E-state index contributed by atoms with van der Waals surface area (Å²) in [6.45, 7) is 1.25. The van der Waals surface area contributed by atoms with Crippen molar-refractivity contribution in [3.05, 3.63) is 47.1 Å². The predicted molar refractivity (Wildman–Crippen MR) is 115 cm³/mol. The van der Waals surface area contributed by atoms with Gasteiger partial charge in [-0.25, -0.2) is 17.1 Å². The summed E-state index contributed by atoms with van der Waals surface area (Å²) >= 11 is 2.93. The topological polar surface area (TPSA) is 73.8 Å². The van der Waals surface area contributed by atoms with Crippen LogP contribution in [-0.4, -0.2) is 52.1 Å². The molecular formula is C18H25FN4O2S3. The number of hydrogen-bond donors (Lipinski definition) is 2. The fourth-order valence-electron chi connectivity index (χ4n) is 2.16. The molecule has 0 unspecified atom stereocenters. The summed E-state index contributed by atoms with van der Waals surface area (Å²) in [5, 5.41) is 6.42. The summed E-state index contributed by atoms with van der Waals surface area (Å²) in [6.07, 6.45) is 0.924. The van der Waals surface area contributed by atoms with Crippen LogP contribution in [-0.2, 0) is 16.6 Å². The number of aliphatic imine (C=N–C) groups is 1. The van der Waals surface area contributed by atoms with Gasteiger partial charge in [0.05, 0.1) is 6.54 Å². The van der Waals surface area contributed by atoms with Crippen LogP contribution in [0.2, 0.25) is 0 Å². The minimum atomic E-state index is -3.39. The van der Waals surface area contributed by atoms with Gasteiger partial charge in [0.2, 0.25) is 0 Å². The lowest BCUT2D eigenvalue weighted by Gasteiger charge is -2.11. The molecule has 0 spiro atoms. The minimum absolute atomic E-state index is 0.224. The van der Waals surface area contributed by atoms with Crippen LogP contribution in [0.3, 0.4) is 0 Å². The van der Waals surface area contributed by atoms with Crippen molar-refractivity contribution in [1.29, 1.82) is 0 Å². The van der Waals surface area contributed by atoms with Crippen molar-refractivity contribution in [1.82, 2.24) is 14.9 Å². The van der Waals surface area contributed by atoms with Crippen LogP contribution in [0.5, 0.6) is 0 Å². The molecule has 2 N–H and O–H groups in total. The van der Waals surface area contributed by atoms with Crippen molar-refractivity contribution in [2.75, 3.05) is 33.4 Å². The summed E-state index contributed by atoms with van der Waals surface area (Å²) in [6, 6.07) is 9.91. The van der Waals surface area contributed by atoms with E-state index in [-0.39, 0.29) is 5.82 Å². The summed E-state index contributed by atoms with van der Waals surface area (Å²) < 4.78 is 38.7. The molecule has 0 aliphatic heterocycles. The average Bonchev–Trinajstić information content (AvgIpc) is 3.15. The zero-order valence-electron chi connectivity index (χ0n) is 16.1. The van der Waals surface area contributed by atoms with Gasteiger partial charge in [-0.05, 0) is 48.6 Å². The van der Waals surface area contributed by atoms with Crippen LogP contribution in [0.25, 0.3) is 0 Å². The fraction of sp³-hybridized carbons (Fsp3) is 0.389. The summed E-state index contributed by atoms with van der Waals surface area (Å²) in [4.78, 5) is 6.14. The standard InChI is InChI=1S/C18H25FN4O2S3/c1-20-18(21-11-4-12-26-15-7-5-14(19)6-8-15)22-13-16-9-10-17(27-16)28(24,25)23(2)3/h5-10H,4,11-13H2,1-3H3,(H2,20,21,22). The smallest absolute Gasteiger partial charge is 0.252 e. The Morgan fingerprint density at radius 3 is 2.54 bits per heavy atom. The molecule has 2 rings (SSSR count). The molecule has 6 nitrogen and oxygen atoms in total. The Balaban J connectivity index is 1.71. The van der Waals surface area contributed by atoms with E-state index < -0.39 is 10.0 Å². The minimum Gasteiger partial charge on any atom is -0.356 e. The third-order valence-electron chi connectivity index (χ3n) is 3.72. The third kappa shape index (κ3) is 6.77. The Morgan fingerprint density at radius 1 is 1.18 bits per heavy atom. The zero-order chi connectivity index (χ0) is 20.6. The van der Waals surface area contributed by atoms with Gasteiger partial charge in [0.1, 0.15) is 10.0 Å². The van der Waals surface area contributed by atoms with Crippen LogP contribution in [0, 0.1) is 5.82 Å². The number of rotatable bonds is 9. The molecule has 0 aliphatic carbocycles. The van der Waals surface area contributed by atoms with Gasteiger partial charge >= 0.3 is 0 Å². The quantitative estimate of drug-likeness (QED) is 0.269. The lowest BCUT2D eigenvalue weighted by atomic mass is 10.4. The highest BCUT2D eigenvalue weighted by Gasteiger charge is 2.19. The van der Waals surface area contributed by atoms with Crippen molar-refractivity contribution in [2.24, 2.45) is 4.99 Å². The second-order valence-electron chi connectivity index (χ2n) is 6.02. The summed E-state index contributed by atoms with van der Waals surface area (Å²) in [7, 11) is 1.34. The third-order valence-corrected chi connectivity index (χ3v) is 8.19. The van der Waals surface area contributed by atoms with Gasteiger partial charge in [-0.1, -0.05) is 0 Å². The van der Waals surface area contributed by atoms with E-state index in [1.54, 1.807) is 43.1 Å². The maximum atomic E-state index is 12.9. The maximum Gasteiger partial charge on any atom is 0.252 e. The van der Waals surface area contributed by atoms with E-state index in [2.05, 4.69) is 15.6 Å². The van der Waals surface area contributed by atoms with Crippen molar-refractivity contribution in [3.63, 3.8) is 0 Å². The molecule has 0 aliphatic rings. The van der Waals surface area contributed by atoms with Crippen LogP contribution < -0.4 is 10.6 Å². The number of nitrogens with one attached hydrogen (secondary N) is 2. The number of hydrogen-bond acceptors (Lipinski definition) is 5.